The molecule has 7 nitrogen and oxygen atoms in total. The van der Waals surface area contributed by atoms with E-state index in [1.54, 1.807) is 21.9 Å². The Balaban J connectivity index is 1.49. The van der Waals surface area contributed by atoms with Gasteiger partial charge < -0.3 is 19.6 Å². The van der Waals surface area contributed by atoms with Gasteiger partial charge in [0.2, 0.25) is 5.91 Å². The van der Waals surface area contributed by atoms with Crippen LogP contribution in [-0.2, 0) is 4.79 Å². The highest BCUT2D eigenvalue weighted by atomic mass is 16.5. The van der Waals surface area contributed by atoms with Gasteiger partial charge in [0.1, 0.15) is 5.75 Å². The number of piperazine rings is 1. The van der Waals surface area contributed by atoms with E-state index in [1.807, 2.05) is 30.3 Å². The predicted octanol–water partition coefficient (Wildman–Crippen LogP) is 2.14. The third kappa shape index (κ3) is 4.68. The van der Waals surface area contributed by atoms with Gasteiger partial charge in [-0.25, -0.2) is 4.79 Å². The minimum Gasteiger partial charge on any atom is -0.493 e. The lowest BCUT2D eigenvalue weighted by atomic mass is 10.1. The summed E-state index contributed by atoms with van der Waals surface area (Å²) in [6, 6.07) is 15.5. The number of para-hydroxylation sites is 1. The van der Waals surface area contributed by atoms with E-state index in [0.717, 1.165) is 5.75 Å². The molecule has 1 N–H and O–H groups in total. The summed E-state index contributed by atoms with van der Waals surface area (Å²) in [7, 11) is 0. The molecule has 3 rings (SSSR count). The smallest absolute Gasteiger partial charge is 0.336 e. The molecule has 7 heteroatoms. The molecule has 0 aromatic heterocycles. The Labute approximate surface area is 163 Å². The van der Waals surface area contributed by atoms with Crippen LogP contribution in [0.25, 0.3) is 0 Å². The number of hydrogen-bond donors (Lipinski definition) is 1. The maximum absolute atomic E-state index is 12.7. The Morgan fingerprint density at radius 1 is 0.821 bits per heavy atom. The van der Waals surface area contributed by atoms with Gasteiger partial charge in [-0.1, -0.05) is 30.3 Å². The predicted molar refractivity (Wildman–Crippen MR) is 102 cm³/mol. The fourth-order valence-electron chi connectivity index (χ4n) is 3.12. The van der Waals surface area contributed by atoms with Gasteiger partial charge in [-0.3, -0.25) is 9.59 Å². The number of benzene rings is 2. The van der Waals surface area contributed by atoms with Crippen molar-refractivity contribution in [1.82, 2.24) is 9.80 Å². The standard InChI is InChI=1S/C21H22N2O5/c24-19(10-15-28-16-6-2-1-3-7-16)22-11-13-23(14-12-22)20(25)17-8-4-5-9-18(17)21(26)27/h1-9H,10-15H2,(H,26,27). The first kappa shape index (κ1) is 19.4. The highest BCUT2D eigenvalue weighted by Gasteiger charge is 2.26. The van der Waals surface area contributed by atoms with Gasteiger partial charge in [-0.05, 0) is 24.3 Å². The van der Waals surface area contributed by atoms with E-state index >= 15 is 0 Å². The van der Waals surface area contributed by atoms with E-state index in [-0.39, 0.29) is 29.4 Å². The van der Waals surface area contributed by atoms with Gasteiger partial charge >= 0.3 is 5.97 Å². The van der Waals surface area contributed by atoms with Crippen LogP contribution >= 0.6 is 0 Å². The third-order valence-electron chi connectivity index (χ3n) is 4.64. The first-order valence-corrected chi connectivity index (χ1v) is 9.13. The molecule has 146 valence electrons. The Morgan fingerprint density at radius 2 is 1.39 bits per heavy atom. The quantitative estimate of drug-likeness (QED) is 0.827. The molecule has 0 aliphatic carbocycles. The van der Waals surface area contributed by atoms with Crippen molar-refractivity contribution in [1.29, 1.82) is 0 Å². The van der Waals surface area contributed by atoms with Crippen LogP contribution in [0.1, 0.15) is 27.1 Å². The average molecular weight is 382 g/mol. The van der Waals surface area contributed by atoms with Crippen LogP contribution in [0.4, 0.5) is 0 Å². The molecule has 1 aliphatic rings. The number of aromatic carboxylic acids is 1. The molecule has 2 amide bonds. The molecule has 0 saturated carbocycles. The Hall–Kier alpha value is -3.35. The zero-order valence-electron chi connectivity index (χ0n) is 15.4. The highest BCUT2D eigenvalue weighted by molar-refractivity contribution is 6.04. The van der Waals surface area contributed by atoms with Gasteiger partial charge in [-0.15, -0.1) is 0 Å². The zero-order chi connectivity index (χ0) is 19.9. The number of carbonyl (C=O) groups excluding carboxylic acids is 2. The van der Waals surface area contributed by atoms with Crippen molar-refractivity contribution in [2.24, 2.45) is 0 Å². The lowest BCUT2D eigenvalue weighted by Gasteiger charge is -2.35. The second-order valence-electron chi connectivity index (χ2n) is 6.44. The summed E-state index contributed by atoms with van der Waals surface area (Å²) in [5, 5.41) is 9.26. The number of carboxylic acids is 1. The minimum absolute atomic E-state index is 0.0101. The molecule has 0 spiro atoms. The summed E-state index contributed by atoms with van der Waals surface area (Å²) in [6.45, 7) is 1.89. The summed E-state index contributed by atoms with van der Waals surface area (Å²) >= 11 is 0. The van der Waals surface area contributed by atoms with Gasteiger partial charge in [0.25, 0.3) is 5.91 Å². The van der Waals surface area contributed by atoms with Crippen molar-refractivity contribution in [3.05, 3.63) is 65.7 Å². The normalized spacial score (nSPS) is 13.9. The number of carboxylic acid groups (broad SMARTS) is 1. The number of ether oxygens (including phenoxy) is 1. The zero-order valence-corrected chi connectivity index (χ0v) is 15.4. The molecule has 1 fully saturated rings. The number of carbonyl (C=O) groups is 3. The second-order valence-corrected chi connectivity index (χ2v) is 6.44. The van der Waals surface area contributed by atoms with E-state index < -0.39 is 5.97 Å². The van der Waals surface area contributed by atoms with E-state index in [1.165, 1.54) is 12.1 Å². The Bertz CT molecular complexity index is 845. The highest BCUT2D eigenvalue weighted by Crippen LogP contribution is 2.15. The lowest BCUT2D eigenvalue weighted by Crippen LogP contribution is -2.51. The molecule has 2 aromatic carbocycles. The maximum Gasteiger partial charge on any atom is 0.336 e. The van der Waals surface area contributed by atoms with Crippen LogP contribution < -0.4 is 4.74 Å². The van der Waals surface area contributed by atoms with Crippen molar-refractivity contribution in [3.63, 3.8) is 0 Å². The molecule has 0 unspecified atom stereocenters. The topological polar surface area (TPSA) is 87.2 Å². The van der Waals surface area contributed by atoms with Crippen LogP contribution in [0.3, 0.4) is 0 Å². The summed E-state index contributed by atoms with van der Waals surface area (Å²) in [5.41, 5.74) is 0.162. The van der Waals surface area contributed by atoms with Crippen molar-refractivity contribution >= 4 is 17.8 Å². The molecular formula is C21H22N2O5. The van der Waals surface area contributed by atoms with Crippen LogP contribution in [0.15, 0.2) is 54.6 Å². The molecular weight excluding hydrogens is 360 g/mol. The van der Waals surface area contributed by atoms with Crippen molar-refractivity contribution in [3.8, 4) is 5.75 Å². The molecule has 28 heavy (non-hydrogen) atoms. The van der Waals surface area contributed by atoms with E-state index in [0.29, 0.717) is 32.8 Å². The fraction of sp³-hybridized carbons (Fsp3) is 0.286. The molecule has 0 bridgehead atoms. The van der Waals surface area contributed by atoms with Gasteiger partial charge in [0.05, 0.1) is 24.2 Å². The fourth-order valence-corrected chi connectivity index (χ4v) is 3.12. The van der Waals surface area contributed by atoms with Crippen LogP contribution in [-0.4, -0.2) is 65.5 Å². The first-order valence-electron chi connectivity index (χ1n) is 9.13. The molecule has 0 atom stereocenters. The molecule has 0 radical (unpaired) electrons. The van der Waals surface area contributed by atoms with Crippen LogP contribution in [0.5, 0.6) is 5.75 Å². The molecule has 1 aliphatic heterocycles. The third-order valence-corrected chi connectivity index (χ3v) is 4.64. The van der Waals surface area contributed by atoms with Crippen molar-refractivity contribution in [2.75, 3.05) is 32.8 Å². The Kier molecular flexibility index (Phi) is 6.26. The minimum atomic E-state index is -1.13. The van der Waals surface area contributed by atoms with Crippen molar-refractivity contribution in [2.45, 2.75) is 6.42 Å². The number of nitrogens with zero attached hydrogens (tertiary/aromatic N) is 2. The number of amides is 2. The Morgan fingerprint density at radius 3 is 2.04 bits per heavy atom. The molecule has 1 saturated heterocycles. The van der Waals surface area contributed by atoms with Crippen molar-refractivity contribution < 1.29 is 24.2 Å². The van der Waals surface area contributed by atoms with E-state index in [9.17, 15) is 19.5 Å². The number of hydrogen-bond acceptors (Lipinski definition) is 4. The molecule has 2 aromatic rings. The summed E-state index contributed by atoms with van der Waals surface area (Å²) < 4.78 is 5.55. The van der Waals surface area contributed by atoms with Gasteiger partial charge in [-0.2, -0.15) is 0 Å². The van der Waals surface area contributed by atoms with E-state index in [2.05, 4.69) is 0 Å². The van der Waals surface area contributed by atoms with Crippen LogP contribution in [0, 0.1) is 0 Å². The average Bonchev–Trinajstić information content (AvgIpc) is 2.74. The number of rotatable bonds is 6. The largest absolute Gasteiger partial charge is 0.493 e. The second kappa shape index (κ2) is 9.03. The van der Waals surface area contributed by atoms with Gasteiger partial charge in [0.15, 0.2) is 0 Å². The monoisotopic (exact) mass is 382 g/mol. The maximum atomic E-state index is 12.7. The summed E-state index contributed by atoms with van der Waals surface area (Å²) in [4.78, 5) is 39.6. The van der Waals surface area contributed by atoms with Crippen LogP contribution in [0.2, 0.25) is 0 Å². The van der Waals surface area contributed by atoms with Gasteiger partial charge in [0, 0.05) is 26.2 Å². The van der Waals surface area contributed by atoms with E-state index in [4.69, 9.17) is 4.74 Å². The SMILES string of the molecule is O=C(O)c1ccccc1C(=O)N1CCN(C(=O)CCOc2ccccc2)CC1. The lowest BCUT2D eigenvalue weighted by molar-refractivity contribution is -0.133. The summed E-state index contributed by atoms with van der Waals surface area (Å²) in [6.07, 6.45) is 0.269. The molecule has 1 heterocycles. The first-order chi connectivity index (χ1) is 13.6. The summed E-state index contributed by atoms with van der Waals surface area (Å²) in [5.74, 6) is -0.745.